The number of fused-ring (bicyclic) bond motifs is 1. The molecule has 1 aliphatic rings. The molecule has 2 N–H and O–H groups in total. The van der Waals surface area contributed by atoms with Crippen molar-refractivity contribution in [3.8, 4) is 11.6 Å². The standard InChI is InChI=1S/C27H30N6O4/c1-16-8-9-20(17(2)12-16)33-25(35)18(24(34)29-26(33)36)15-28-19-13-22-23(31(4)27(37)30(22)3)14-21(19)32-10-6-5-7-11-32/h8-9,12-15,35H,5-7,10-11H2,1-4H3,(H,29,34,36). The smallest absolute Gasteiger partial charge is 0.335 e. The van der Waals surface area contributed by atoms with Gasteiger partial charge in [-0.15, -0.1) is 0 Å². The molecule has 0 aliphatic carbocycles. The molecule has 10 heteroatoms. The summed E-state index contributed by atoms with van der Waals surface area (Å²) in [6.45, 7) is 5.48. The van der Waals surface area contributed by atoms with Crippen LogP contribution in [-0.2, 0) is 14.1 Å². The van der Waals surface area contributed by atoms with Crippen LogP contribution in [0.15, 0.2) is 49.7 Å². The molecule has 5 rings (SSSR count). The zero-order chi connectivity index (χ0) is 26.4. The van der Waals surface area contributed by atoms with Crippen molar-refractivity contribution in [1.29, 1.82) is 0 Å². The van der Waals surface area contributed by atoms with E-state index in [-0.39, 0.29) is 11.3 Å². The van der Waals surface area contributed by atoms with E-state index in [4.69, 9.17) is 0 Å². The lowest BCUT2D eigenvalue weighted by Crippen LogP contribution is -2.31. The average Bonchev–Trinajstić information content (AvgIpc) is 3.08. The molecule has 0 spiro atoms. The van der Waals surface area contributed by atoms with Gasteiger partial charge in [0.05, 0.1) is 28.1 Å². The minimum Gasteiger partial charge on any atom is -0.493 e. The summed E-state index contributed by atoms with van der Waals surface area (Å²) in [4.78, 5) is 47.1. The van der Waals surface area contributed by atoms with Crippen LogP contribution >= 0.6 is 0 Å². The van der Waals surface area contributed by atoms with Gasteiger partial charge in [-0.3, -0.25) is 23.9 Å². The summed E-state index contributed by atoms with van der Waals surface area (Å²) in [6, 6.07) is 9.23. The lowest BCUT2D eigenvalue weighted by Gasteiger charge is -2.30. The van der Waals surface area contributed by atoms with E-state index in [1.54, 1.807) is 29.3 Å². The van der Waals surface area contributed by atoms with Crippen molar-refractivity contribution < 1.29 is 5.11 Å². The van der Waals surface area contributed by atoms with Crippen molar-refractivity contribution >= 4 is 28.6 Å². The highest BCUT2D eigenvalue weighted by atomic mass is 16.3. The number of rotatable bonds is 4. The number of aromatic amines is 1. The quantitative estimate of drug-likeness (QED) is 0.416. The monoisotopic (exact) mass is 502 g/mol. The van der Waals surface area contributed by atoms with Gasteiger partial charge in [-0.05, 0) is 56.9 Å². The highest BCUT2D eigenvalue weighted by Crippen LogP contribution is 2.35. The number of hydrogen-bond acceptors (Lipinski definition) is 6. The van der Waals surface area contributed by atoms with E-state index in [1.807, 2.05) is 38.1 Å². The number of aromatic nitrogens is 4. The molecule has 1 saturated heterocycles. The summed E-state index contributed by atoms with van der Waals surface area (Å²) in [5.74, 6) is -0.489. The maximum absolute atomic E-state index is 12.7. The first-order valence-corrected chi connectivity index (χ1v) is 12.3. The minimum atomic E-state index is -0.736. The van der Waals surface area contributed by atoms with Gasteiger partial charge in [0.1, 0.15) is 5.56 Å². The summed E-state index contributed by atoms with van der Waals surface area (Å²) in [5.41, 5.74) is 3.42. The van der Waals surface area contributed by atoms with Gasteiger partial charge in [-0.1, -0.05) is 17.7 Å². The molecular weight excluding hydrogens is 472 g/mol. The number of benzene rings is 2. The van der Waals surface area contributed by atoms with Crippen molar-refractivity contribution in [2.24, 2.45) is 19.1 Å². The molecular formula is C27H30N6O4. The lowest BCUT2D eigenvalue weighted by molar-refractivity contribution is 0.430. The summed E-state index contributed by atoms with van der Waals surface area (Å²) in [6.07, 6.45) is 4.54. The van der Waals surface area contributed by atoms with Crippen LogP contribution in [0.2, 0.25) is 0 Å². The molecule has 0 radical (unpaired) electrons. The normalized spacial score (nSPS) is 14.2. The zero-order valence-corrected chi connectivity index (χ0v) is 21.4. The Hall–Kier alpha value is -4.34. The number of imidazole rings is 1. The molecule has 0 saturated carbocycles. The number of aliphatic imine (C=N–C) groups is 1. The van der Waals surface area contributed by atoms with Crippen LogP contribution in [0.5, 0.6) is 5.88 Å². The fraction of sp³-hybridized carbons (Fsp3) is 0.333. The second-order valence-electron chi connectivity index (χ2n) is 9.66. The van der Waals surface area contributed by atoms with Crippen LogP contribution in [0.4, 0.5) is 11.4 Å². The Morgan fingerprint density at radius 1 is 0.919 bits per heavy atom. The highest BCUT2D eigenvalue weighted by molar-refractivity contribution is 5.92. The number of aryl methyl sites for hydroxylation is 4. The second-order valence-corrected chi connectivity index (χ2v) is 9.66. The van der Waals surface area contributed by atoms with Crippen LogP contribution in [0.3, 0.4) is 0 Å². The molecule has 0 unspecified atom stereocenters. The van der Waals surface area contributed by atoms with Gasteiger partial charge in [-0.2, -0.15) is 0 Å². The van der Waals surface area contributed by atoms with Crippen molar-refractivity contribution in [3.05, 3.63) is 78.3 Å². The number of H-pyrrole nitrogens is 1. The van der Waals surface area contributed by atoms with E-state index in [1.165, 1.54) is 6.21 Å². The molecule has 0 atom stereocenters. The van der Waals surface area contributed by atoms with E-state index in [0.717, 1.165) is 59.3 Å². The largest absolute Gasteiger partial charge is 0.493 e. The average molecular weight is 503 g/mol. The van der Waals surface area contributed by atoms with E-state index >= 15 is 0 Å². The van der Waals surface area contributed by atoms with Crippen LogP contribution < -0.4 is 21.8 Å². The Kier molecular flexibility index (Phi) is 6.10. The number of aromatic hydroxyl groups is 1. The summed E-state index contributed by atoms with van der Waals surface area (Å²) in [7, 11) is 3.44. The van der Waals surface area contributed by atoms with Gasteiger partial charge in [0, 0.05) is 33.4 Å². The van der Waals surface area contributed by atoms with Crippen LogP contribution in [0.1, 0.15) is 36.0 Å². The number of nitrogens with zero attached hydrogens (tertiary/aromatic N) is 5. The number of hydrogen-bond donors (Lipinski definition) is 2. The maximum Gasteiger partial charge on any atom is 0.335 e. The first kappa shape index (κ1) is 24.4. The van der Waals surface area contributed by atoms with Gasteiger partial charge in [-0.25, -0.2) is 14.2 Å². The first-order valence-electron chi connectivity index (χ1n) is 12.3. The molecule has 0 amide bonds. The number of nitrogens with one attached hydrogen (secondary N) is 1. The predicted molar refractivity (Wildman–Crippen MR) is 145 cm³/mol. The van der Waals surface area contributed by atoms with Gasteiger partial charge in [0.2, 0.25) is 5.88 Å². The topological polar surface area (TPSA) is 118 Å². The van der Waals surface area contributed by atoms with Crippen LogP contribution in [0.25, 0.3) is 16.7 Å². The van der Waals surface area contributed by atoms with E-state index in [2.05, 4.69) is 14.9 Å². The molecule has 1 aliphatic heterocycles. The third-order valence-corrected chi connectivity index (χ3v) is 7.11. The van der Waals surface area contributed by atoms with E-state index in [9.17, 15) is 19.5 Å². The Bertz CT molecular complexity index is 1730. The number of anilines is 1. The van der Waals surface area contributed by atoms with Gasteiger partial charge in [0.15, 0.2) is 0 Å². The van der Waals surface area contributed by atoms with Gasteiger partial charge in [0.25, 0.3) is 5.56 Å². The van der Waals surface area contributed by atoms with Crippen LogP contribution in [-0.4, -0.2) is 43.1 Å². The zero-order valence-electron chi connectivity index (χ0n) is 21.4. The lowest BCUT2D eigenvalue weighted by atomic mass is 10.1. The fourth-order valence-corrected chi connectivity index (χ4v) is 5.08. The van der Waals surface area contributed by atoms with E-state index in [0.29, 0.717) is 16.9 Å². The molecule has 2 aromatic carbocycles. The van der Waals surface area contributed by atoms with Gasteiger partial charge < -0.3 is 10.0 Å². The second kappa shape index (κ2) is 9.27. The summed E-state index contributed by atoms with van der Waals surface area (Å²) in [5, 5.41) is 11.0. The van der Waals surface area contributed by atoms with Crippen LogP contribution in [0, 0.1) is 13.8 Å². The van der Waals surface area contributed by atoms with Crippen molar-refractivity contribution in [2.75, 3.05) is 18.0 Å². The maximum atomic E-state index is 12.7. The molecule has 2 aromatic heterocycles. The Morgan fingerprint density at radius 2 is 1.59 bits per heavy atom. The van der Waals surface area contributed by atoms with Gasteiger partial charge >= 0.3 is 11.4 Å². The SMILES string of the molecule is Cc1ccc(-n2c(O)c(C=Nc3cc4c(cc3N3CCCCC3)n(C)c(=O)n4C)c(=O)[nH]c2=O)c(C)c1. The minimum absolute atomic E-state index is 0.133. The molecule has 37 heavy (non-hydrogen) atoms. The Morgan fingerprint density at radius 3 is 2.27 bits per heavy atom. The van der Waals surface area contributed by atoms with Crippen molar-refractivity contribution in [2.45, 2.75) is 33.1 Å². The Balaban J connectivity index is 1.68. The number of piperidine rings is 1. The fourth-order valence-electron chi connectivity index (χ4n) is 5.08. The molecule has 3 heterocycles. The van der Waals surface area contributed by atoms with Crippen molar-refractivity contribution in [1.82, 2.24) is 18.7 Å². The predicted octanol–water partition coefficient (Wildman–Crippen LogP) is 2.78. The highest BCUT2D eigenvalue weighted by Gasteiger charge is 2.20. The van der Waals surface area contributed by atoms with Crippen molar-refractivity contribution in [3.63, 3.8) is 0 Å². The molecule has 10 nitrogen and oxygen atoms in total. The first-order chi connectivity index (χ1) is 17.7. The molecule has 0 bridgehead atoms. The third kappa shape index (κ3) is 4.18. The summed E-state index contributed by atoms with van der Waals surface area (Å²) < 4.78 is 4.23. The Labute approximate surface area is 212 Å². The molecule has 1 fully saturated rings. The van der Waals surface area contributed by atoms with E-state index < -0.39 is 17.1 Å². The summed E-state index contributed by atoms with van der Waals surface area (Å²) >= 11 is 0. The third-order valence-electron chi connectivity index (χ3n) is 7.11. The molecule has 192 valence electrons. The molecule has 4 aromatic rings.